The molecule has 1 aromatic rings. The van der Waals surface area contributed by atoms with Crippen molar-refractivity contribution in [3.05, 3.63) is 27.7 Å². The predicted molar refractivity (Wildman–Crippen MR) is 64.4 cm³/mol. The van der Waals surface area contributed by atoms with Gasteiger partial charge in [0.1, 0.15) is 10.8 Å². The van der Waals surface area contributed by atoms with Crippen LogP contribution in [0.2, 0.25) is 10.0 Å². The molecule has 1 aliphatic rings. The highest BCUT2D eigenvalue weighted by Crippen LogP contribution is 2.46. The molecule has 1 saturated heterocycles. The van der Waals surface area contributed by atoms with Gasteiger partial charge in [0.15, 0.2) is 0 Å². The summed E-state index contributed by atoms with van der Waals surface area (Å²) in [5, 5.41) is 0.971. The molecule has 5 heteroatoms. The van der Waals surface area contributed by atoms with E-state index in [2.05, 4.69) is 15.9 Å². The van der Waals surface area contributed by atoms with E-state index in [9.17, 15) is 0 Å². The summed E-state index contributed by atoms with van der Waals surface area (Å²) in [4.78, 5) is 0. The highest BCUT2D eigenvalue weighted by atomic mass is 79.9. The minimum atomic E-state index is -0.194. The van der Waals surface area contributed by atoms with Crippen LogP contribution in [0.5, 0.6) is 5.75 Å². The third-order valence-electron chi connectivity index (χ3n) is 2.41. The molecule has 0 unspecified atom stereocenters. The van der Waals surface area contributed by atoms with Gasteiger partial charge >= 0.3 is 0 Å². The Hall–Kier alpha value is 0.0400. The summed E-state index contributed by atoms with van der Waals surface area (Å²) in [5.74, 6) is 0.585. The standard InChI is InChI=1S/C10H9BrCl2O2/c1-14-7-3-2-6(8(12)9(7)13)10(11)4-15-5-10/h2-3H,4-5H2,1H3. The second kappa shape index (κ2) is 4.13. The molecule has 1 fully saturated rings. The zero-order valence-corrected chi connectivity index (χ0v) is 11.1. The van der Waals surface area contributed by atoms with E-state index in [1.165, 1.54) is 0 Å². The van der Waals surface area contributed by atoms with E-state index in [0.717, 1.165) is 5.56 Å². The zero-order valence-electron chi connectivity index (χ0n) is 8.02. The summed E-state index contributed by atoms with van der Waals surface area (Å²) >= 11 is 15.8. The number of alkyl halides is 1. The van der Waals surface area contributed by atoms with Crippen LogP contribution in [0.15, 0.2) is 12.1 Å². The molecule has 1 aliphatic heterocycles. The van der Waals surface area contributed by atoms with Crippen molar-refractivity contribution in [1.29, 1.82) is 0 Å². The van der Waals surface area contributed by atoms with E-state index in [1.54, 1.807) is 7.11 Å². The molecule has 1 heterocycles. The number of benzene rings is 1. The largest absolute Gasteiger partial charge is 0.495 e. The second-order valence-corrected chi connectivity index (χ2v) is 5.68. The van der Waals surface area contributed by atoms with Crippen LogP contribution in [0.25, 0.3) is 0 Å². The Bertz CT molecular complexity index is 391. The first-order chi connectivity index (χ1) is 7.08. The van der Waals surface area contributed by atoms with Crippen molar-refractivity contribution in [2.24, 2.45) is 0 Å². The minimum absolute atomic E-state index is 0.194. The smallest absolute Gasteiger partial charge is 0.138 e. The maximum absolute atomic E-state index is 6.18. The van der Waals surface area contributed by atoms with Gasteiger partial charge < -0.3 is 9.47 Å². The molecule has 0 aromatic heterocycles. The summed E-state index contributed by atoms with van der Waals surface area (Å²) < 4.78 is 10.1. The Labute approximate surface area is 107 Å². The zero-order chi connectivity index (χ0) is 11.1. The number of hydrogen-bond acceptors (Lipinski definition) is 2. The lowest BCUT2D eigenvalue weighted by Crippen LogP contribution is -2.41. The fourth-order valence-corrected chi connectivity index (χ4v) is 2.82. The number of rotatable bonds is 2. The maximum Gasteiger partial charge on any atom is 0.138 e. The van der Waals surface area contributed by atoms with Gasteiger partial charge in [-0.2, -0.15) is 0 Å². The van der Waals surface area contributed by atoms with Crippen LogP contribution in [0.1, 0.15) is 5.56 Å². The average Bonchev–Trinajstić information content (AvgIpc) is 2.19. The fraction of sp³-hybridized carbons (Fsp3) is 0.400. The summed E-state index contributed by atoms with van der Waals surface area (Å²) in [7, 11) is 1.56. The SMILES string of the molecule is COc1ccc(C2(Br)COC2)c(Cl)c1Cl. The molecule has 1 aromatic carbocycles. The molecular weight excluding hydrogens is 303 g/mol. The van der Waals surface area contributed by atoms with Crippen LogP contribution in [0.3, 0.4) is 0 Å². The quantitative estimate of drug-likeness (QED) is 0.777. The highest BCUT2D eigenvalue weighted by molar-refractivity contribution is 9.09. The summed E-state index contributed by atoms with van der Waals surface area (Å²) in [6, 6.07) is 3.72. The summed E-state index contributed by atoms with van der Waals surface area (Å²) in [6.07, 6.45) is 0. The Morgan fingerprint density at radius 1 is 1.33 bits per heavy atom. The van der Waals surface area contributed by atoms with Gasteiger partial charge in [0.05, 0.1) is 29.7 Å². The lowest BCUT2D eigenvalue weighted by molar-refractivity contribution is -0.00695. The van der Waals surface area contributed by atoms with Crippen molar-refractivity contribution < 1.29 is 9.47 Å². The second-order valence-electron chi connectivity index (χ2n) is 3.40. The van der Waals surface area contributed by atoms with Crippen LogP contribution < -0.4 is 4.74 Å². The third-order valence-corrected chi connectivity index (χ3v) is 4.16. The lowest BCUT2D eigenvalue weighted by Gasteiger charge is -2.37. The van der Waals surface area contributed by atoms with Gasteiger partial charge in [-0.25, -0.2) is 0 Å². The Morgan fingerprint density at radius 3 is 2.47 bits per heavy atom. The van der Waals surface area contributed by atoms with Gasteiger partial charge in [-0.05, 0) is 11.6 Å². The van der Waals surface area contributed by atoms with Crippen LogP contribution >= 0.6 is 39.1 Å². The highest BCUT2D eigenvalue weighted by Gasteiger charge is 2.39. The van der Waals surface area contributed by atoms with Crippen LogP contribution in [-0.2, 0) is 9.06 Å². The van der Waals surface area contributed by atoms with E-state index in [0.29, 0.717) is 29.0 Å². The van der Waals surface area contributed by atoms with Gasteiger partial charge in [0.25, 0.3) is 0 Å². The first-order valence-corrected chi connectivity index (χ1v) is 5.92. The Balaban J connectivity index is 2.46. The molecule has 15 heavy (non-hydrogen) atoms. The molecule has 0 atom stereocenters. The molecule has 0 bridgehead atoms. The third kappa shape index (κ3) is 1.86. The Kier molecular flexibility index (Phi) is 3.17. The number of hydrogen-bond donors (Lipinski definition) is 0. The predicted octanol–water partition coefficient (Wildman–Crippen LogP) is 3.62. The molecule has 0 spiro atoms. The Morgan fingerprint density at radius 2 is 2.00 bits per heavy atom. The first kappa shape index (κ1) is 11.5. The molecule has 2 nitrogen and oxygen atoms in total. The van der Waals surface area contributed by atoms with E-state index in [1.807, 2.05) is 12.1 Å². The molecule has 0 aliphatic carbocycles. The number of methoxy groups -OCH3 is 1. The van der Waals surface area contributed by atoms with Crippen molar-refractivity contribution >= 4 is 39.1 Å². The summed E-state index contributed by atoms with van der Waals surface area (Å²) in [6.45, 7) is 1.21. The van der Waals surface area contributed by atoms with Gasteiger partial charge in [-0.1, -0.05) is 45.2 Å². The van der Waals surface area contributed by atoms with E-state index < -0.39 is 0 Å². The van der Waals surface area contributed by atoms with Crippen molar-refractivity contribution in [3.8, 4) is 5.75 Å². The molecule has 82 valence electrons. The van der Waals surface area contributed by atoms with Crippen molar-refractivity contribution in [2.75, 3.05) is 20.3 Å². The van der Waals surface area contributed by atoms with Gasteiger partial charge in [0, 0.05) is 0 Å². The van der Waals surface area contributed by atoms with Crippen molar-refractivity contribution in [3.63, 3.8) is 0 Å². The fourth-order valence-electron chi connectivity index (χ4n) is 1.47. The van der Waals surface area contributed by atoms with Crippen LogP contribution in [0.4, 0.5) is 0 Å². The topological polar surface area (TPSA) is 18.5 Å². The normalized spacial score (nSPS) is 18.4. The maximum atomic E-state index is 6.18. The monoisotopic (exact) mass is 310 g/mol. The summed E-state index contributed by atoms with van der Waals surface area (Å²) in [5.41, 5.74) is 0.946. The van der Waals surface area contributed by atoms with Gasteiger partial charge in [0.2, 0.25) is 0 Å². The number of ether oxygens (including phenoxy) is 2. The molecule has 0 N–H and O–H groups in total. The molecule has 0 saturated carbocycles. The number of halogens is 3. The first-order valence-electron chi connectivity index (χ1n) is 4.37. The van der Waals surface area contributed by atoms with Crippen molar-refractivity contribution in [1.82, 2.24) is 0 Å². The average molecular weight is 312 g/mol. The van der Waals surface area contributed by atoms with Crippen molar-refractivity contribution in [2.45, 2.75) is 4.32 Å². The van der Waals surface area contributed by atoms with E-state index >= 15 is 0 Å². The minimum Gasteiger partial charge on any atom is -0.495 e. The van der Waals surface area contributed by atoms with E-state index in [4.69, 9.17) is 32.7 Å². The molecule has 0 radical (unpaired) electrons. The van der Waals surface area contributed by atoms with Gasteiger partial charge in [-0.15, -0.1) is 0 Å². The van der Waals surface area contributed by atoms with Gasteiger partial charge in [-0.3, -0.25) is 0 Å². The van der Waals surface area contributed by atoms with E-state index in [-0.39, 0.29) is 4.32 Å². The molecule has 2 rings (SSSR count). The lowest BCUT2D eigenvalue weighted by atomic mass is 9.97. The molecular formula is C10H9BrCl2O2. The molecule has 0 amide bonds. The van der Waals surface area contributed by atoms with Crippen LogP contribution in [-0.4, -0.2) is 20.3 Å². The van der Waals surface area contributed by atoms with Crippen LogP contribution in [0, 0.1) is 0 Å².